The summed E-state index contributed by atoms with van der Waals surface area (Å²) in [4.78, 5) is 43.1. The smallest absolute Gasteiger partial charge is 0.319 e. The fraction of sp³-hybridized carbons (Fsp3) is 0.300. The molecule has 4 rings (SSSR count). The summed E-state index contributed by atoms with van der Waals surface area (Å²) >= 11 is 0. The summed E-state index contributed by atoms with van der Waals surface area (Å²) in [5, 5.41) is 5.48. The van der Waals surface area contributed by atoms with Gasteiger partial charge in [-0.2, -0.15) is 0 Å². The molecule has 1 atom stereocenters. The van der Waals surface area contributed by atoms with Gasteiger partial charge in [-0.15, -0.1) is 0 Å². The van der Waals surface area contributed by atoms with Crippen molar-refractivity contribution in [2.75, 3.05) is 11.9 Å². The van der Waals surface area contributed by atoms with Crippen molar-refractivity contribution in [3.05, 3.63) is 59.3 Å². The van der Waals surface area contributed by atoms with Crippen LogP contribution in [0.25, 0.3) is 0 Å². The van der Waals surface area contributed by atoms with Crippen molar-refractivity contribution < 1.29 is 14.4 Å². The van der Waals surface area contributed by atoms with Crippen LogP contribution in [0.15, 0.2) is 42.6 Å². The van der Waals surface area contributed by atoms with Crippen molar-refractivity contribution in [1.82, 2.24) is 15.2 Å². The van der Waals surface area contributed by atoms with Gasteiger partial charge < -0.3 is 10.6 Å². The number of carbonyl (C=O) groups is 3. The van der Waals surface area contributed by atoms with E-state index in [1.165, 1.54) is 0 Å². The van der Waals surface area contributed by atoms with E-state index >= 15 is 0 Å². The molecule has 4 amide bonds. The van der Waals surface area contributed by atoms with E-state index in [0.29, 0.717) is 12.2 Å². The van der Waals surface area contributed by atoms with Crippen LogP contribution < -0.4 is 10.6 Å². The van der Waals surface area contributed by atoms with Gasteiger partial charge >= 0.3 is 6.03 Å². The second-order valence-corrected chi connectivity index (χ2v) is 7.00. The number of fused-ring (bicyclic) bond motifs is 2. The maximum Gasteiger partial charge on any atom is 0.325 e. The van der Waals surface area contributed by atoms with Gasteiger partial charge in [0.15, 0.2) is 0 Å². The molecule has 138 valence electrons. The maximum atomic E-state index is 13.1. The van der Waals surface area contributed by atoms with Crippen LogP contribution in [0.5, 0.6) is 0 Å². The zero-order chi connectivity index (χ0) is 19.0. The molecule has 1 fully saturated rings. The van der Waals surface area contributed by atoms with Crippen LogP contribution >= 0.6 is 0 Å². The van der Waals surface area contributed by atoms with Crippen molar-refractivity contribution in [2.45, 2.75) is 31.7 Å². The van der Waals surface area contributed by atoms with Gasteiger partial charge in [0.05, 0.1) is 0 Å². The van der Waals surface area contributed by atoms with Gasteiger partial charge in [-0.25, -0.2) is 9.78 Å². The summed E-state index contributed by atoms with van der Waals surface area (Å²) in [7, 11) is 0. The molecule has 1 saturated heterocycles. The Morgan fingerprint density at radius 3 is 2.93 bits per heavy atom. The normalized spacial score (nSPS) is 21.1. The molecule has 27 heavy (non-hydrogen) atoms. The average molecular weight is 364 g/mol. The molecule has 0 saturated carbocycles. The number of aryl methyl sites for hydroxylation is 2. The number of hydrogen-bond donors (Lipinski definition) is 2. The highest BCUT2D eigenvalue weighted by Gasteiger charge is 2.54. The Morgan fingerprint density at radius 2 is 2.11 bits per heavy atom. The molecule has 2 heterocycles. The molecule has 1 spiro atoms. The molecule has 0 bridgehead atoms. The number of aromatic nitrogens is 1. The Hall–Kier alpha value is -3.22. The summed E-state index contributed by atoms with van der Waals surface area (Å²) in [6, 6.07) is 10.7. The van der Waals surface area contributed by atoms with Gasteiger partial charge in [-0.3, -0.25) is 14.5 Å². The molecule has 1 aliphatic heterocycles. The highest BCUT2D eigenvalue weighted by Crippen LogP contribution is 2.39. The average Bonchev–Trinajstić information content (AvgIpc) is 2.87. The molecule has 2 N–H and O–H groups in total. The third-order valence-electron chi connectivity index (χ3n) is 5.14. The lowest BCUT2D eigenvalue weighted by Crippen LogP contribution is -2.47. The summed E-state index contributed by atoms with van der Waals surface area (Å²) in [6.07, 6.45) is 3.80. The van der Waals surface area contributed by atoms with Gasteiger partial charge in [0.25, 0.3) is 5.91 Å². The monoisotopic (exact) mass is 364 g/mol. The van der Waals surface area contributed by atoms with Crippen LogP contribution in [0.1, 0.15) is 29.5 Å². The van der Waals surface area contributed by atoms with E-state index in [2.05, 4.69) is 15.6 Å². The minimum absolute atomic E-state index is 0.343. The second kappa shape index (κ2) is 6.50. The minimum atomic E-state index is -1.06. The first-order valence-corrected chi connectivity index (χ1v) is 8.94. The predicted octanol–water partition coefficient (Wildman–Crippen LogP) is 2.11. The lowest BCUT2D eigenvalue weighted by molar-refractivity contribution is -0.134. The number of imide groups is 1. The molecular formula is C20H20N4O3. The first kappa shape index (κ1) is 17.2. The highest BCUT2D eigenvalue weighted by atomic mass is 16.2. The number of nitrogens with one attached hydrogen (secondary N) is 2. The minimum Gasteiger partial charge on any atom is -0.319 e. The molecule has 2 aliphatic rings. The number of benzene rings is 1. The van der Waals surface area contributed by atoms with E-state index in [1.807, 2.05) is 37.3 Å². The van der Waals surface area contributed by atoms with Crippen LogP contribution in [-0.4, -0.2) is 34.3 Å². The van der Waals surface area contributed by atoms with Gasteiger partial charge in [-0.1, -0.05) is 24.3 Å². The molecule has 1 aromatic carbocycles. The summed E-state index contributed by atoms with van der Waals surface area (Å²) in [6.45, 7) is 1.54. The van der Waals surface area contributed by atoms with E-state index in [-0.39, 0.29) is 12.5 Å². The van der Waals surface area contributed by atoms with Crippen molar-refractivity contribution in [2.24, 2.45) is 0 Å². The number of urea groups is 1. The Balaban J connectivity index is 1.55. The van der Waals surface area contributed by atoms with Crippen molar-refractivity contribution in [1.29, 1.82) is 0 Å². The van der Waals surface area contributed by atoms with E-state index in [9.17, 15) is 14.4 Å². The number of rotatable bonds is 3. The maximum absolute atomic E-state index is 13.1. The quantitative estimate of drug-likeness (QED) is 0.816. The molecule has 1 unspecified atom stereocenters. The van der Waals surface area contributed by atoms with Crippen LogP contribution in [0.3, 0.4) is 0 Å². The summed E-state index contributed by atoms with van der Waals surface area (Å²) < 4.78 is 0. The van der Waals surface area contributed by atoms with Crippen LogP contribution in [0, 0.1) is 6.92 Å². The fourth-order valence-electron chi connectivity index (χ4n) is 3.89. The molecule has 2 aromatic rings. The zero-order valence-electron chi connectivity index (χ0n) is 15.0. The molecule has 1 aromatic heterocycles. The number of pyridine rings is 1. The molecular weight excluding hydrogens is 344 g/mol. The van der Waals surface area contributed by atoms with E-state index in [1.54, 1.807) is 12.3 Å². The van der Waals surface area contributed by atoms with E-state index < -0.39 is 17.5 Å². The summed E-state index contributed by atoms with van der Waals surface area (Å²) in [5.74, 6) is -0.436. The van der Waals surface area contributed by atoms with Crippen molar-refractivity contribution >= 4 is 23.7 Å². The van der Waals surface area contributed by atoms with Crippen molar-refractivity contribution in [3.8, 4) is 0 Å². The molecule has 7 nitrogen and oxygen atoms in total. The lowest BCUT2D eigenvalue weighted by atomic mass is 9.76. The van der Waals surface area contributed by atoms with Crippen molar-refractivity contribution in [3.63, 3.8) is 0 Å². The lowest BCUT2D eigenvalue weighted by Gasteiger charge is -2.33. The van der Waals surface area contributed by atoms with Crippen LogP contribution in [0.4, 0.5) is 10.6 Å². The summed E-state index contributed by atoms with van der Waals surface area (Å²) in [5.41, 5.74) is 1.78. The molecule has 1 aliphatic carbocycles. The number of amides is 4. The van der Waals surface area contributed by atoms with E-state index in [0.717, 1.165) is 34.4 Å². The SMILES string of the molecule is Cc1ccnc(NC(=O)CN2C(=O)NC3(CCCc4ccccc43)C2=O)c1. The van der Waals surface area contributed by atoms with Gasteiger partial charge in [-0.05, 0) is 55.0 Å². The fourth-order valence-corrected chi connectivity index (χ4v) is 3.89. The number of hydrogen-bond acceptors (Lipinski definition) is 4. The Kier molecular flexibility index (Phi) is 4.14. The first-order valence-electron chi connectivity index (χ1n) is 8.94. The first-order chi connectivity index (χ1) is 13.0. The topological polar surface area (TPSA) is 91.4 Å². The predicted molar refractivity (Wildman–Crippen MR) is 98.9 cm³/mol. The standard InChI is InChI=1S/C20H20N4O3/c1-13-8-10-21-16(11-13)22-17(25)12-24-18(26)20(23-19(24)27)9-4-6-14-5-2-3-7-15(14)20/h2-3,5,7-8,10-11H,4,6,9,12H2,1H3,(H,23,27)(H,21,22,25). The number of nitrogens with zero attached hydrogens (tertiary/aromatic N) is 2. The van der Waals surface area contributed by atoms with Gasteiger partial charge in [0.2, 0.25) is 5.91 Å². The van der Waals surface area contributed by atoms with Gasteiger partial charge in [0.1, 0.15) is 17.9 Å². The third-order valence-corrected chi connectivity index (χ3v) is 5.14. The molecule has 7 heteroatoms. The molecule has 0 radical (unpaired) electrons. The Bertz CT molecular complexity index is 942. The zero-order valence-corrected chi connectivity index (χ0v) is 15.0. The highest BCUT2D eigenvalue weighted by molar-refractivity contribution is 6.10. The van der Waals surface area contributed by atoms with Gasteiger partial charge in [0, 0.05) is 6.20 Å². The third kappa shape index (κ3) is 2.95. The number of anilines is 1. The van der Waals surface area contributed by atoms with E-state index in [4.69, 9.17) is 0 Å². The van der Waals surface area contributed by atoms with Crippen LogP contribution in [0.2, 0.25) is 0 Å². The van der Waals surface area contributed by atoms with Crippen LogP contribution in [-0.2, 0) is 21.5 Å². The largest absolute Gasteiger partial charge is 0.325 e. The Labute approximate surface area is 156 Å². The Morgan fingerprint density at radius 1 is 1.30 bits per heavy atom. The second-order valence-electron chi connectivity index (χ2n) is 7.00. The number of carbonyl (C=O) groups excluding carboxylic acids is 3.